The highest BCUT2D eigenvalue weighted by atomic mass is 16.6. The van der Waals surface area contributed by atoms with E-state index in [-0.39, 0.29) is 30.3 Å². The Bertz CT molecular complexity index is 1150. The van der Waals surface area contributed by atoms with Crippen LogP contribution in [0.1, 0.15) is 25.0 Å². The second-order valence-electron chi connectivity index (χ2n) is 7.70. The molecule has 0 aliphatic carbocycles. The van der Waals surface area contributed by atoms with Crippen molar-refractivity contribution in [1.82, 2.24) is 9.78 Å². The molecule has 9 heteroatoms. The molecule has 1 aliphatic rings. The number of nitro groups is 1. The Morgan fingerprint density at radius 1 is 1.03 bits per heavy atom. The van der Waals surface area contributed by atoms with Gasteiger partial charge >= 0.3 is 0 Å². The summed E-state index contributed by atoms with van der Waals surface area (Å²) >= 11 is 0. The van der Waals surface area contributed by atoms with Gasteiger partial charge in [0.1, 0.15) is 5.82 Å². The summed E-state index contributed by atoms with van der Waals surface area (Å²) in [6.07, 6.45) is 1.05. The van der Waals surface area contributed by atoms with E-state index in [9.17, 15) is 19.7 Å². The summed E-state index contributed by atoms with van der Waals surface area (Å²) in [5, 5.41) is 18.0. The standard InChI is InChI=1S/C23H23N5O4/c1-16-15-22-26(13-2-14-27(22)25-16)23(30)12-11-21(29)24-19-7-3-17(4-8-19)18-5-9-20(10-6-18)28(31)32/h3-10,15H,2,11-14H2,1H3,(H,24,29). The van der Waals surface area contributed by atoms with Crippen molar-refractivity contribution < 1.29 is 14.5 Å². The van der Waals surface area contributed by atoms with E-state index in [1.54, 1.807) is 29.2 Å². The fraction of sp³-hybridized carbons (Fsp3) is 0.261. The van der Waals surface area contributed by atoms with Crippen molar-refractivity contribution in [3.05, 3.63) is 70.4 Å². The van der Waals surface area contributed by atoms with Crippen LogP contribution in [0.15, 0.2) is 54.6 Å². The van der Waals surface area contributed by atoms with E-state index in [0.717, 1.165) is 35.6 Å². The molecule has 0 saturated heterocycles. The molecule has 3 aromatic rings. The molecule has 1 aromatic heterocycles. The van der Waals surface area contributed by atoms with Crippen LogP contribution in [-0.2, 0) is 16.1 Å². The molecular weight excluding hydrogens is 410 g/mol. The maximum absolute atomic E-state index is 12.7. The number of rotatable bonds is 6. The molecule has 0 spiro atoms. The first-order valence-electron chi connectivity index (χ1n) is 10.4. The number of nitrogens with one attached hydrogen (secondary N) is 1. The van der Waals surface area contributed by atoms with E-state index >= 15 is 0 Å². The van der Waals surface area contributed by atoms with E-state index in [1.807, 2.05) is 29.8 Å². The maximum Gasteiger partial charge on any atom is 0.269 e. The highest BCUT2D eigenvalue weighted by Gasteiger charge is 2.24. The number of nitrogens with zero attached hydrogens (tertiary/aromatic N) is 4. The Balaban J connectivity index is 1.31. The number of hydrogen-bond acceptors (Lipinski definition) is 5. The largest absolute Gasteiger partial charge is 0.326 e. The molecule has 0 unspecified atom stereocenters. The molecule has 9 nitrogen and oxygen atoms in total. The monoisotopic (exact) mass is 433 g/mol. The maximum atomic E-state index is 12.7. The normalized spacial score (nSPS) is 12.8. The minimum Gasteiger partial charge on any atom is -0.326 e. The average molecular weight is 433 g/mol. The van der Waals surface area contributed by atoms with Crippen LogP contribution in [0.5, 0.6) is 0 Å². The zero-order chi connectivity index (χ0) is 22.7. The molecular formula is C23H23N5O4. The van der Waals surface area contributed by atoms with Crippen LogP contribution in [0.3, 0.4) is 0 Å². The third-order valence-corrected chi connectivity index (χ3v) is 5.36. The van der Waals surface area contributed by atoms with Gasteiger partial charge in [-0.2, -0.15) is 5.10 Å². The van der Waals surface area contributed by atoms with Gasteiger partial charge in [-0.3, -0.25) is 24.6 Å². The number of nitro benzene ring substituents is 1. The summed E-state index contributed by atoms with van der Waals surface area (Å²) in [6.45, 7) is 3.33. The summed E-state index contributed by atoms with van der Waals surface area (Å²) in [4.78, 5) is 37.0. The number of aromatic nitrogens is 2. The van der Waals surface area contributed by atoms with Crippen molar-refractivity contribution in [2.75, 3.05) is 16.8 Å². The summed E-state index contributed by atoms with van der Waals surface area (Å²) in [5.41, 5.74) is 3.26. The Morgan fingerprint density at radius 3 is 2.34 bits per heavy atom. The second-order valence-corrected chi connectivity index (χ2v) is 7.70. The van der Waals surface area contributed by atoms with E-state index in [2.05, 4.69) is 10.4 Å². The van der Waals surface area contributed by atoms with Crippen LogP contribution in [0.25, 0.3) is 11.1 Å². The van der Waals surface area contributed by atoms with Crippen molar-refractivity contribution >= 4 is 29.0 Å². The fourth-order valence-corrected chi connectivity index (χ4v) is 3.76. The first-order valence-corrected chi connectivity index (χ1v) is 10.4. The van der Waals surface area contributed by atoms with Crippen LogP contribution in [0.2, 0.25) is 0 Å². The van der Waals surface area contributed by atoms with Gasteiger partial charge in [0.25, 0.3) is 5.69 Å². The Labute approximate surface area is 184 Å². The van der Waals surface area contributed by atoms with Gasteiger partial charge in [0.05, 0.1) is 10.6 Å². The molecule has 0 saturated carbocycles. The lowest BCUT2D eigenvalue weighted by atomic mass is 10.1. The molecule has 4 rings (SSSR count). The summed E-state index contributed by atoms with van der Waals surface area (Å²) in [6, 6.07) is 15.4. The number of fused-ring (bicyclic) bond motifs is 1. The molecule has 1 aliphatic heterocycles. The van der Waals surface area contributed by atoms with Crippen LogP contribution >= 0.6 is 0 Å². The molecule has 32 heavy (non-hydrogen) atoms. The predicted molar refractivity (Wildman–Crippen MR) is 120 cm³/mol. The first kappa shape index (κ1) is 21.2. The van der Waals surface area contributed by atoms with Crippen LogP contribution < -0.4 is 10.2 Å². The Morgan fingerprint density at radius 2 is 1.69 bits per heavy atom. The van der Waals surface area contributed by atoms with Crippen LogP contribution in [-0.4, -0.2) is 33.1 Å². The van der Waals surface area contributed by atoms with E-state index in [1.165, 1.54) is 12.1 Å². The number of amides is 2. The molecule has 0 bridgehead atoms. The lowest BCUT2D eigenvalue weighted by molar-refractivity contribution is -0.384. The number of aryl methyl sites for hydroxylation is 2. The number of benzene rings is 2. The second kappa shape index (κ2) is 9.01. The van der Waals surface area contributed by atoms with Crippen molar-refractivity contribution in [2.24, 2.45) is 0 Å². The average Bonchev–Trinajstić information content (AvgIpc) is 3.18. The van der Waals surface area contributed by atoms with E-state index < -0.39 is 4.92 Å². The molecule has 0 radical (unpaired) electrons. The Kier molecular flexibility index (Phi) is 5.98. The number of anilines is 2. The minimum atomic E-state index is -0.437. The van der Waals surface area contributed by atoms with Crippen molar-refractivity contribution in [1.29, 1.82) is 0 Å². The molecule has 164 valence electrons. The van der Waals surface area contributed by atoms with Gasteiger partial charge in [-0.1, -0.05) is 12.1 Å². The number of non-ortho nitro benzene ring substituents is 1. The van der Waals surface area contributed by atoms with Gasteiger partial charge in [-0.15, -0.1) is 0 Å². The number of hydrogen-bond donors (Lipinski definition) is 1. The quantitative estimate of drug-likeness (QED) is 0.468. The summed E-state index contributed by atoms with van der Waals surface area (Å²) in [5.74, 6) is 0.471. The van der Waals surface area contributed by atoms with Crippen LogP contribution in [0.4, 0.5) is 17.2 Å². The first-order chi connectivity index (χ1) is 15.4. The third-order valence-electron chi connectivity index (χ3n) is 5.36. The van der Waals surface area contributed by atoms with Gasteiger partial charge in [-0.05, 0) is 48.7 Å². The summed E-state index contributed by atoms with van der Waals surface area (Å²) < 4.78 is 1.84. The fourth-order valence-electron chi connectivity index (χ4n) is 3.76. The third kappa shape index (κ3) is 4.66. The zero-order valence-electron chi connectivity index (χ0n) is 17.7. The van der Waals surface area contributed by atoms with Crippen LogP contribution in [0, 0.1) is 17.0 Å². The SMILES string of the molecule is Cc1cc2n(n1)CCCN2C(=O)CCC(=O)Nc1ccc(-c2ccc([N+](=O)[O-])cc2)cc1. The molecule has 2 aromatic carbocycles. The van der Waals surface area contributed by atoms with Gasteiger partial charge in [0.2, 0.25) is 11.8 Å². The minimum absolute atomic E-state index is 0.0383. The van der Waals surface area contributed by atoms with Crippen molar-refractivity contribution in [3.63, 3.8) is 0 Å². The van der Waals surface area contributed by atoms with Gasteiger partial charge in [0.15, 0.2) is 0 Å². The zero-order valence-corrected chi connectivity index (χ0v) is 17.7. The van der Waals surface area contributed by atoms with Crippen molar-refractivity contribution in [3.8, 4) is 11.1 Å². The van der Waals surface area contributed by atoms with Crippen molar-refractivity contribution in [2.45, 2.75) is 32.7 Å². The molecule has 0 fully saturated rings. The number of carbonyl (C=O) groups is 2. The smallest absolute Gasteiger partial charge is 0.269 e. The highest BCUT2D eigenvalue weighted by Crippen LogP contribution is 2.25. The Hall–Kier alpha value is -4.01. The van der Waals surface area contributed by atoms with Gasteiger partial charge in [-0.25, -0.2) is 4.68 Å². The molecule has 0 atom stereocenters. The number of carbonyl (C=O) groups excluding carboxylic acids is 2. The summed E-state index contributed by atoms with van der Waals surface area (Å²) in [7, 11) is 0. The predicted octanol–water partition coefficient (Wildman–Crippen LogP) is 3.92. The van der Waals surface area contributed by atoms with Gasteiger partial charge < -0.3 is 5.32 Å². The molecule has 2 heterocycles. The highest BCUT2D eigenvalue weighted by molar-refractivity contribution is 5.98. The molecule has 2 amide bonds. The van der Waals surface area contributed by atoms with E-state index in [4.69, 9.17) is 0 Å². The topological polar surface area (TPSA) is 110 Å². The van der Waals surface area contributed by atoms with Gasteiger partial charge in [0, 0.05) is 49.8 Å². The van der Waals surface area contributed by atoms with E-state index in [0.29, 0.717) is 12.2 Å². The molecule has 1 N–H and O–H groups in total. The lowest BCUT2D eigenvalue weighted by Crippen LogP contribution is -2.37. The lowest BCUT2D eigenvalue weighted by Gasteiger charge is -2.27.